The number of aromatic nitrogens is 1. The minimum atomic E-state index is -4.29. The molecular weight excluding hydrogens is 637 g/mol. The first kappa shape index (κ1) is 36.7. The standard InChI is InChI=1S/C37H51F3N4O5/c1-36(2,3)23-44(28-6-5-15-42(21-28)24-37(38,39)40)35(47)30-10-9-29(48-4)19-32(30)43-16-12-25(13-17-43)22-49-33-18-27(11-14-41-33)31(20-34(45)46)26-7-8-26/h9-11,14,18-19,25-26,28,31H,5-8,12-13,15-17,20-24H2,1-4H3,(H,45,46). The van der Waals surface area contributed by atoms with E-state index in [9.17, 15) is 27.9 Å². The molecule has 2 unspecified atom stereocenters. The fourth-order valence-corrected chi connectivity index (χ4v) is 7.32. The second-order valence-corrected chi connectivity index (χ2v) is 15.2. The molecule has 1 aromatic carbocycles. The zero-order chi connectivity index (χ0) is 35.3. The lowest BCUT2D eigenvalue weighted by Crippen LogP contribution is -2.54. The Morgan fingerprint density at radius 3 is 2.41 bits per heavy atom. The van der Waals surface area contributed by atoms with Gasteiger partial charge in [-0.05, 0) is 92.0 Å². The van der Waals surface area contributed by atoms with Crippen molar-refractivity contribution in [3.05, 3.63) is 47.7 Å². The zero-order valence-electron chi connectivity index (χ0n) is 29.2. The van der Waals surface area contributed by atoms with Crippen LogP contribution in [0, 0.1) is 17.3 Å². The molecule has 3 fully saturated rings. The van der Waals surface area contributed by atoms with Crippen LogP contribution in [0.4, 0.5) is 18.9 Å². The van der Waals surface area contributed by atoms with Crippen molar-refractivity contribution in [1.82, 2.24) is 14.8 Å². The van der Waals surface area contributed by atoms with Gasteiger partial charge in [0.2, 0.25) is 5.88 Å². The Kier molecular flexibility index (Phi) is 11.7. The van der Waals surface area contributed by atoms with Gasteiger partial charge in [0.05, 0.1) is 37.9 Å². The SMILES string of the molecule is COc1ccc(C(=O)N(CC(C)(C)C)C2CCCN(CC(F)(F)F)C2)c(N2CCC(COc3cc(C(CC(=O)O)C4CC4)ccn3)CC2)c1. The molecule has 1 aromatic heterocycles. The number of amides is 1. The third kappa shape index (κ3) is 10.5. The summed E-state index contributed by atoms with van der Waals surface area (Å²) in [7, 11) is 1.59. The molecular formula is C37H51F3N4O5. The Balaban J connectivity index is 1.27. The summed E-state index contributed by atoms with van der Waals surface area (Å²) in [6.07, 6.45) is 2.51. The first-order chi connectivity index (χ1) is 23.2. The number of carbonyl (C=O) groups is 2. The van der Waals surface area contributed by atoms with Crippen LogP contribution in [0.5, 0.6) is 11.6 Å². The summed E-state index contributed by atoms with van der Waals surface area (Å²) < 4.78 is 51.6. The van der Waals surface area contributed by atoms with Crippen molar-refractivity contribution >= 4 is 17.6 Å². The van der Waals surface area contributed by atoms with Crippen LogP contribution in [0.25, 0.3) is 0 Å². The molecule has 2 atom stereocenters. The van der Waals surface area contributed by atoms with Crippen molar-refractivity contribution in [2.75, 3.05) is 57.9 Å². The Labute approximate surface area is 287 Å². The summed E-state index contributed by atoms with van der Waals surface area (Å²) >= 11 is 0. The predicted molar refractivity (Wildman–Crippen MR) is 181 cm³/mol. The maximum Gasteiger partial charge on any atom is 0.401 e. The summed E-state index contributed by atoms with van der Waals surface area (Å²) in [5.74, 6) is 0.809. The van der Waals surface area contributed by atoms with Gasteiger partial charge in [-0.2, -0.15) is 13.2 Å². The molecule has 1 saturated carbocycles. The van der Waals surface area contributed by atoms with Crippen LogP contribution in [0.1, 0.15) is 87.6 Å². The molecule has 270 valence electrons. The highest BCUT2D eigenvalue weighted by Crippen LogP contribution is 2.45. The number of carboxylic acid groups (broad SMARTS) is 1. The number of nitrogens with zero attached hydrogens (tertiary/aromatic N) is 4. The monoisotopic (exact) mass is 688 g/mol. The van der Waals surface area contributed by atoms with Crippen LogP contribution < -0.4 is 14.4 Å². The van der Waals surface area contributed by atoms with Crippen LogP contribution in [-0.4, -0.2) is 97.0 Å². The van der Waals surface area contributed by atoms with E-state index in [2.05, 4.69) is 9.88 Å². The molecule has 3 aliphatic rings. The zero-order valence-corrected chi connectivity index (χ0v) is 29.2. The number of carbonyl (C=O) groups excluding carboxylic acids is 1. The molecule has 2 aliphatic heterocycles. The fraction of sp³-hybridized carbons (Fsp3) is 0.649. The number of rotatable bonds is 13. The highest BCUT2D eigenvalue weighted by Gasteiger charge is 2.38. The molecule has 2 saturated heterocycles. The van der Waals surface area contributed by atoms with Gasteiger partial charge in [0.25, 0.3) is 5.91 Å². The molecule has 1 amide bonds. The Morgan fingerprint density at radius 2 is 1.78 bits per heavy atom. The van der Waals surface area contributed by atoms with Crippen molar-refractivity contribution in [3.63, 3.8) is 0 Å². The maximum atomic E-state index is 14.4. The fourth-order valence-electron chi connectivity index (χ4n) is 7.32. The van der Waals surface area contributed by atoms with E-state index in [0.717, 1.165) is 36.9 Å². The molecule has 1 N–H and O–H groups in total. The number of pyridine rings is 1. The lowest BCUT2D eigenvalue weighted by Gasteiger charge is -2.42. The smallest absolute Gasteiger partial charge is 0.401 e. The minimum Gasteiger partial charge on any atom is -0.497 e. The lowest BCUT2D eigenvalue weighted by atomic mass is 9.92. The van der Waals surface area contributed by atoms with Gasteiger partial charge in [-0.25, -0.2) is 4.98 Å². The largest absolute Gasteiger partial charge is 0.497 e. The summed E-state index contributed by atoms with van der Waals surface area (Å²) in [6.45, 7) is 8.00. The topological polar surface area (TPSA) is 95.4 Å². The van der Waals surface area contributed by atoms with E-state index in [0.29, 0.717) is 68.7 Å². The number of anilines is 1. The quantitative estimate of drug-likeness (QED) is 0.244. The number of alkyl halides is 3. The van der Waals surface area contributed by atoms with Gasteiger partial charge in [-0.1, -0.05) is 20.8 Å². The van der Waals surface area contributed by atoms with E-state index in [1.807, 2.05) is 39.0 Å². The molecule has 49 heavy (non-hydrogen) atoms. The number of likely N-dealkylation sites (tertiary alicyclic amines) is 1. The molecule has 0 bridgehead atoms. The number of ether oxygens (including phenoxy) is 2. The van der Waals surface area contributed by atoms with E-state index in [4.69, 9.17) is 9.47 Å². The average molecular weight is 689 g/mol. The van der Waals surface area contributed by atoms with E-state index in [1.54, 1.807) is 30.3 Å². The molecule has 9 nitrogen and oxygen atoms in total. The minimum absolute atomic E-state index is 0.0258. The first-order valence-electron chi connectivity index (χ1n) is 17.5. The number of carboxylic acids is 1. The maximum absolute atomic E-state index is 14.4. The lowest BCUT2D eigenvalue weighted by molar-refractivity contribution is -0.149. The number of hydrogen-bond acceptors (Lipinski definition) is 7. The molecule has 2 aromatic rings. The number of piperidine rings is 2. The van der Waals surface area contributed by atoms with Crippen LogP contribution in [0.3, 0.4) is 0 Å². The molecule has 3 heterocycles. The second-order valence-electron chi connectivity index (χ2n) is 15.2. The third-order valence-electron chi connectivity index (χ3n) is 9.86. The summed E-state index contributed by atoms with van der Waals surface area (Å²) in [6, 6.07) is 8.90. The molecule has 5 rings (SSSR count). The number of aliphatic carboxylic acids is 1. The van der Waals surface area contributed by atoms with Gasteiger partial charge in [-0.15, -0.1) is 0 Å². The highest BCUT2D eigenvalue weighted by atomic mass is 19.4. The third-order valence-corrected chi connectivity index (χ3v) is 9.86. The highest BCUT2D eigenvalue weighted by molar-refractivity contribution is 6.00. The van der Waals surface area contributed by atoms with Crippen molar-refractivity contribution in [1.29, 1.82) is 0 Å². The van der Waals surface area contributed by atoms with Crippen molar-refractivity contribution in [2.24, 2.45) is 17.3 Å². The number of halogens is 3. The second kappa shape index (κ2) is 15.6. The van der Waals surface area contributed by atoms with E-state index in [-0.39, 0.29) is 42.2 Å². The van der Waals surface area contributed by atoms with Gasteiger partial charge in [0.1, 0.15) is 5.75 Å². The van der Waals surface area contributed by atoms with Gasteiger partial charge in [0, 0.05) is 50.6 Å². The Morgan fingerprint density at radius 1 is 1.04 bits per heavy atom. The van der Waals surface area contributed by atoms with Gasteiger partial charge < -0.3 is 24.4 Å². The first-order valence-corrected chi connectivity index (χ1v) is 17.5. The molecule has 1 aliphatic carbocycles. The van der Waals surface area contributed by atoms with Crippen LogP contribution in [-0.2, 0) is 4.79 Å². The normalized spacial score (nSPS) is 20.1. The molecule has 0 radical (unpaired) electrons. The number of methoxy groups -OCH3 is 1. The van der Waals surface area contributed by atoms with E-state index in [1.165, 1.54) is 4.90 Å². The molecule has 12 heteroatoms. The van der Waals surface area contributed by atoms with Crippen LogP contribution in [0.15, 0.2) is 36.5 Å². The van der Waals surface area contributed by atoms with Crippen molar-refractivity contribution in [3.8, 4) is 11.6 Å². The van der Waals surface area contributed by atoms with E-state index >= 15 is 0 Å². The van der Waals surface area contributed by atoms with Gasteiger partial charge in [-0.3, -0.25) is 14.5 Å². The summed E-state index contributed by atoms with van der Waals surface area (Å²) in [5, 5.41) is 9.41. The number of hydrogen-bond donors (Lipinski definition) is 1. The van der Waals surface area contributed by atoms with Crippen molar-refractivity contribution in [2.45, 2.75) is 83.9 Å². The van der Waals surface area contributed by atoms with Crippen LogP contribution >= 0.6 is 0 Å². The van der Waals surface area contributed by atoms with E-state index < -0.39 is 18.7 Å². The van der Waals surface area contributed by atoms with Crippen LogP contribution in [0.2, 0.25) is 0 Å². The average Bonchev–Trinajstić information content (AvgIpc) is 3.89. The molecule has 0 spiro atoms. The Bertz CT molecular complexity index is 1440. The predicted octanol–water partition coefficient (Wildman–Crippen LogP) is 6.87. The van der Waals surface area contributed by atoms with Gasteiger partial charge in [0.15, 0.2) is 0 Å². The summed E-state index contributed by atoms with van der Waals surface area (Å²) in [5.41, 5.74) is 2.00. The summed E-state index contributed by atoms with van der Waals surface area (Å²) in [4.78, 5) is 35.7. The van der Waals surface area contributed by atoms with Gasteiger partial charge >= 0.3 is 12.1 Å². The van der Waals surface area contributed by atoms with Crippen molar-refractivity contribution < 1.29 is 37.3 Å². The Hall–Kier alpha value is -3.54. The number of benzene rings is 1.